The monoisotopic (exact) mass is 1240 g/mol. The van der Waals surface area contributed by atoms with Crippen molar-refractivity contribution in [2.45, 2.75) is 370 Å². The van der Waals surface area contributed by atoms with E-state index in [1.54, 1.807) is 24.3 Å². The van der Waals surface area contributed by atoms with Gasteiger partial charge in [0.2, 0.25) is 0 Å². The summed E-state index contributed by atoms with van der Waals surface area (Å²) in [5.74, 6) is 0. The molecule has 0 aliphatic carbocycles. The second-order valence-corrected chi connectivity index (χ2v) is 26.0. The standard InChI is InChI=1S/2C34H62O3S.Ba/c2*1-2-3-4-5-6-7-8-9-10-11-12-13-14-15-16-17-18-19-20-21-22-23-24-25-26-27-30-33-31-28-29-32-34(33)38(35,36)37;/h2*28-29,31-32H,2-27,30H2,1H3,(H,35,36,37);/q;;+2/p-2. The molecule has 0 spiro atoms. The van der Waals surface area contributed by atoms with Gasteiger partial charge in [-0.25, -0.2) is 16.8 Å². The fourth-order valence-electron chi connectivity index (χ4n) is 11.2. The second-order valence-electron chi connectivity index (χ2n) is 23.3. The minimum absolute atomic E-state index is 0. The third-order valence-electron chi connectivity index (χ3n) is 16.1. The SMILES string of the molecule is CCCCCCCCCCCCCCCCCCCCCCCCCCCCc1ccccc1S(=O)(=O)[O-].CCCCCCCCCCCCCCCCCCCCCCCCCCCCc1ccccc1S(=O)(=O)[O-].[Ba+2]. The van der Waals surface area contributed by atoms with Gasteiger partial charge in [0.25, 0.3) is 0 Å². The van der Waals surface area contributed by atoms with Crippen molar-refractivity contribution >= 4 is 69.1 Å². The van der Waals surface area contributed by atoms with Gasteiger partial charge in [-0.3, -0.25) is 0 Å². The molecule has 0 heterocycles. The third kappa shape index (κ3) is 51.2. The number of rotatable bonds is 56. The summed E-state index contributed by atoms with van der Waals surface area (Å²) in [4.78, 5) is -0.0841. The van der Waals surface area contributed by atoms with Gasteiger partial charge in [0.15, 0.2) is 0 Å². The van der Waals surface area contributed by atoms with E-state index in [0.717, 1.165) is 25.7 Å². The van der Waals surface area contributed by atoms with Crippen LogP contribution in [0.2, 0.25) is 0 Å². The van der Waals surface area contributed by atoms with Gasteiger partial charge in [0.05, 0.1) is 9.79 Å². The molecule has 0 saturated carbocycles. The maximum atomic E-state index is 11.3. The summed E-state index contributed by atoms with van der Waals surface area (Å²) in [7, 11) is -8.73. The Kier molecular flexibility index (Phi) is 57.5. The second kappa shape index (κ2) is 57.6. The van der Waals surface area contributed by atoms with Crippen molar-refractivity contribution in [3.05, 3.63) is 59.7 Å². The topological polar surface area (TPSA) is 114 Å². The van der Waals surface area contributed by atoms with Crippen LogP contribution in [0.1, 0.15) is 359 Å². The van der Waals surface area contributed by atoms with E-state index in [9.17, 15) is 25.9 Å². The van der Waals surface area contributed by atoms with Crippen LogP contribution in [-0.4, -0.2) is 74.8 Å². The van der Waals surface area contributed by atoms with Crippen molar-refractivity contribution in [1.82, 2.24) is 0 Å². The molecule has 0 bridgehead atoms. The summed E-state index contributed by atoms with van der Waals surface area (Å²) in [5.41, 5.74) is 1.35. The maximum absolute atomic E-state index is 11.3. The third-order valence-corrected chi connectivity index (χ3v) is 18.0. The van der Waals surface area contributed by atoms with Crippen LogP contribution in [0.4, 0.5) is 0 Å². The van der Waals surface area contributed by atoms with Crippen molar-refractivity contribution in [3.63, 3.8) is 0 Å². The van der Waals surface area contributed by atoms with E-state index in [4.69, 9.17) is 0 Å². The molecule has 2 rings (SSSR count). The van der Waals surface area contributed by atoms with Gasteiger partial charge >= 0.3 is 48.9 Å². The maximum Gasteiger partial charge on any atom is 2.00 e. The first-order valence-corrected chi connectivity index (χ1v) is 36.0. The molecular weight excluding hydrogens is 1110 g/mol. The van der Waals surface area contributed by atoms with Crippen LogP contribution in [0, 0.1) is 0 Å². The van der Waals surface area contributed by atoms with Gasteiger partial charge in [-0.15, -0.1) is 0 Å². The molecule has 6 nitrogen and oxygen atoms in total. The van der Waals surface area contributed by atoms with Gasteiger partial charge < -0.3 is 9.11 Å². The molecule has 0 radical (unpaired) electrons. The first-order chi connectivity index (χ1) is 37.1. The van der Waals surface area contributed by atoms with Crippen LogP contribution in [0.5, 0.6) is 0 Å². The largest absolute Gasteiger partial charge is 2.00 e. The zero-order valence-electron chi connectivity index (χ0n) is 50.8. The van der Waals surface area contributed by atoms with Crippen LogP contribution in [0.25, 0.3) is 0 Å². The minimum Gasteiger partial charge on any atom is -0.744 e. The van der Waals surface area contributed by atoms with Gasteiger partial charge in [0, 0.05) is 0 Å². The molecule has 0 aliphatic rings. The Morgan fingerprint density at radius 1 is 0.247 bits per heavy atom. The predicted molar refractivity (Wildman–Crippen MR) is 333 cm³/mol. The molecule has 77 heavy (non-hydrogen) atoms. The molecule has 0 saturated heterocycles. The summed E-state index contributed by atoms with van der Waals surface area (Å²) >= 11 is 0. The fraction of sp³-hybridized carbons (Fsp3) is 0.824. The predicted octanol–water partition coefficient (Wildman–Crippen LogP) is 22.2. The van der Waals surface area contributed by atoms with E-state index < -0.39 is 20.2 Å². The normalized spacial score (nSPS) is 11.7. The number of hydrogen-bond acceptors (Lipinski definition) is 6. The van der Waals surface area contributed by atoms with Gasteiger partial charge in [-0.1, -0.05) is 371 Å². The molecule has 2 aromatic rings. The number of benzene rings is 2. The molecule has 2 aromatic carbocycles. The van der Waals surface area contributed by atoms with Crippen molar-refractivity contribution in [2.75, 3.05) is 0 Å². The van der Waals surface area contributed by atoms with E-state index in [1.807, 2.05) is 12.1 Å². The van der Waals surface area contributed by atoms with Crippen LogP contribution < -0.4 is 0 Å². The molecule has 0 amide bonds. The Balaban J connectivity index is 0.00000148. The molecule has 0 N–H and O–H groups in total. The average molecular weight is 1240 g/mol. The Hall–Kier alpha value is -0.169. The van der Waals surface area contributed by atoms with Crippen LogP contribution in [0.15, 0.2) is 58.3 Å². The van der Waals surface area contributed by atoms with E-state index in [1.165, 1.54) is 320 Å². The van der Waals surface area contributed by atoms with Crippen LogP contribution in [0.3, 0.4) is 0 Å². The summed E-state index contributed by atoms with van der Waals surface area (Å²) in [6, 6.07) is 13.3. The summed E-state index contributed by atoms with van der Waals surface area (Å²) in [6.07, 6.45) is 73.1. The minimum atomic E-state index is -4.36. The molecule has 0 unspecified atom stereocenters. The zero-order chi connectivity index (χ0) is 55.2. The quantitative estimate of drug-likeness (QED) is 0.0370. The van der Waals surface area contributed by atoms with Crippen molar-refractivity contribution in [2.24, 2.45) is 0 Å². The van der Waals surface area contributed by atoms with E-state index in [2.05, 4.69) is 13.8 Å². The first-order valence-electron chi connectivity index (χ1n) is 33.2. The molecule has 0 aliphatic heterocycles. The Bertz CT molecular complexity index is 1620. The molecular formula is C68H122BaO6S2. The van der Waals surface area contributed by atoms with Crippen molar-refractivity contribution < 1.29 is 25.9 Å². The molecule has 0 atom stereocenters. The molecule has 0 fully saturated rings. The molecule has 0 aromatic heterocycles. The zero-order valence-corrected chi connectivity index (χ0v) is 56.8. The van der Waals surface area contributed by atoms with Gasteiger partial charge in [-0.2, -0.15) is 0 Å². The van der Waals surface area contributed by atoms with E-state index in [0.29, 0.717) is 24.0 Å². The number of hydrogen-bond donors (Lipinski definition) is 0. The Labute approximate surface area is 520 Å². The van der Waals surface area contributed by atoms with Gasteiger partial charge in [-0.05, 0) is 48.9 Å². The number of aryl methyl sites for hydroxylation is 2. The Morgan fingerprint density at radius 2 is 0.390 bits per heavy atom. The van der Waals surface area contributed by atoms with Crippen LogP contribution in [-0.2, 0) is 33.1 Å². The fourth-order valence-corrected chi connectivity index (χ4v) is 12.6. The summed E-state index contributed by atoms with van der Waals surface area (Å²) in [6.45, 7) is 4.58. The summed E-state index contributed by atoms with van der Waals surface area (Å²) < 4.78 is 68.1. The van der Waals surface area contributed by atoms with Crippen molar-refractivity contribution in [1.29, 1.82) is 0 Å². The van der Waals surface area contributed by atoms with E-state index in [-0.39, 0.29) is 58.7 Å². The van der Waals surface area contributed by atoms with Crippen LogP contribution >= 0.6 is 0 Å². The van der Waals surface area contributed by atoms with Crippen molar-refractivity contribution in [3.8, 4) is 0 Å². The molecule has 9 heteroatoms. The van der Waals surface area contributed by atoms with E-state index >= 15 is 0 Å². The average Bonchev–Trinajstić information content (AvgIpc) is 3.40. The van der Waals surface area contributed by atoms with Gasteiger partial charge in [0.1, 0.15) is 20.2 Å². The smallest absolute Gasteiger partial charge is 0.744 e. The number of unbranched alkanes of at least 4 members (excludes halogenated alkanes) is 50. The first kappa shape index (κ1) is 76.8. The summed E-state index contributed by atoms with van der Waals surface area (Å²) in [5, 5.41) is 0. The molecule has 444 valence electrons. The Morgan fingerprint density at radius 3 is 0.545 bits per heavy atom.